The van der Waals surface area contributed by atoms with Crippen LogP contribution in [-0.2, 0) is 9.53 Å². The largest absolute Gasteiger partial charge is 0.376 e. The average molecular weight is 281 g/mol. The van der Waals surface area contributed by atoms with Gasteiger partial charge in [-0.1, -0.05) is 44.2 Å². The Labute approximate surface area is 125 Å². The van der Waals surface area contributed by atoms with Gasteiger partial charge in [0.25, 0.3) is 0 Å². The van der Waals surface area contributed by atoms with E-state index >= 15 is 0 Å². The molecule has 0 amide bonds. The maximum atomic E-state index is 12.5. The Hall–Kier alpha value is -2.00. The summed E-state index contributed by atoms with van der Waals surface area (Å²) in [5.74, 6) is 0.174. The molecule has 2 aliphatic heterocycles. The summed E-state index contributed by atoms with van der Waals surface area (Å²) in [4.78, 5) is 16.9. The van der Waals surface area contributed by atoms with E-state index in [1.165, 1.54) is 0 Å². The molecule has 2 heterocycles. The molecule has 3 rings (SSSR count). The Morgan fingerprint density at radius 2 is 2.10 bits per heavy atom. The Kier molecular flexibility index (Phi) is 3.60. The maximum absolute atomic E-state index is 12.5. The van der Waals surface area contributed by atoms with Crippen molar-refractivity contribution in [2.24, 2.45) is 10.4 Å². The highest BCUT2D eigenvalue weighted by Gasteiger charge is 2.34. The van der Waals surface area contributed by atoms with Gasteiger partial charge in [-0.25, -0.2) is 0 Å². The molecule has 0 spiro atoms. The Bertz CT molecular complexity index is 666. The number of Topliss-reactive ketones (excluding diaryl/α,β-unsaturated/α-hetero) is 1. The highest BCUT2D eigenvalue weighted by Crippen LogP contribution is 2.30. The van der Waals surface area contributed by atoms with Crippen LogP contribution in [0, 0.1) is 5.41 Å². The number of benzene rings is 1. The van der Waals surface area contributed by atoms with E-state index in [0.29, 0.717) is 13.2 Å². The third kappa shape index (κ3) is 2.74. The van der Waals surface area contributed by atoms with Crippen LogP contribution < -0.4 is 0 Å². The van der Waals surface area contributed by atoms with Crippen LogP contribution in [0.3, 0.4) is 0 Å². The zero-order chi connectivity index (χ0) is 14.9. The number of nitrogens with zero attached hydrogens (tertiary/aromatic N) is 1. The first-order valence-electron chi connectivity index (χ1n) is 7.23. The lowest BCUT2D eigenvalue weighted by Crippen LogP contribution is -2.37. The van der Waals surface area contributed by atoms with Gasteiger partial charge < -0.3 is 4.74 Å². The minimum atomic E-state index is -0.441. The molecule has 1 aromatic rings. The molecule has 0 saturated carbocycles. The van der Waals surface area contributed by atoms with Crippen molar-refractivity contribution in [1.82, 2.24) is 0 Å². The zero-order valence-electron chi connectivity index (χ0n) is 12.4. The molecular formula is C18H19NO2. The fourth-order valence-corrected chi connectivity index (χ4v) is 2.68. The first-order valence-corrected chi connectivity index (χ1v) is 7.23. The molecule has 2 aliphatic rings. The zero-order valence-corrected chi connectivity index (χ0v) is 12.4. The van der Waals surface area contributed by atoms with Crippen LogP contribution in [0.4, 0.5) is 0 Å². The molecule has 21 heavy (non-hydrogen) atoms. The summed E-state index contributed by atoms with van der Waals surface area (Å²) in [7, 11) is 0. The molecular weight excluding hydrogens is 262 g/mol. The molecule has 0 radical (unpaired) electrons. The third-order valence-electron chi connectivity index (χ3n) is 3.84. The smallest absolute Gasteiger partial charge is 0.169 e. The van der Waals surface area contributed by atoms with Crippen LogP contribution in [0.15, 0.2) is 40.9 Å². The molecule has 0 unspecified atom stereocenters. The van der Waals surface area contributed by atoms with E-state index in [0.717, 1.165) is 28.8 Å². The summed E-state index contributed by atoms with van der Waals surface area (Å²) in [6.07, 6.45) is 6.82. The number of rotatable bonds is 2. The molecule has 0 N–H and O–H groups in total. The van der Waals surface area contributed by atoms with Crippen molar-refractivity contribution >= 4 is 23.8 Å². The molecule has 108 valence electrons. The van der Waals surface area contributed by atoms with Crippen molar-refractivity contribution in [3.63, 3.8) is 0 Å². The van der Waals surface area contributed by atoms with Gasteiger partial charge in [-0.2, -0.15) is 0 Å². The van der Waals surface area contributed by atoms with Gasteiger partial charge in [-0.05, 0) is 11.6 Å². The monoisotopic (exact) mass is 281 g/mol. The molecule has 0 aromatic heterocycles. The van der Waals surface area contributed by atoms with Crippen molar-refractivity contribution in [3.8, 4) is 0 Å². The van der Waals surface area contributed by atoms with Crippen LogP contribution in [0.25, 0.3) is 11.8 Å². The predicted molar refractivity (Wildman–Crippen MR) is 85.1 cm³/mol. The van der Waals surface area contributed by atoms with E-state index in [2.05, 4.69) is 11.1 Å². The summed E-state index contributed by atoms with van der Waals surface area (Å²) in [5, 5.41) is 0. The fraction of sp³-hybridized carbons (Fsp3) is 0.333. The number of ether oxygens (including phenoxy) is 1. The van der Waals surface area contributed by atoms with Crippen molar-refractivity contribution in [3.05, 3.63) is 47.0 Å². The SMILES string of the molecule is CC1(C)COC/C(=C\c2ccccc2C2=CCC=N2)C1=O. The molecule has 0 aliphatic carbocycles. The normalized spacial score (nSPS) is 22.7. The molecule has 3 nitrogen and oxygen atoms in total. The lowest BCUT2D eigenvalue weighted by Gasteiger charge is -2.29. The van der Waals surface area contributed by atoms with E-state index in [1.807, 2.05) is 50.4 Å². The predicted octanol–water partition coefficient (Wildman–Crippen LogP) is 3.51. The van der Waals surface area contributed by atoms with Gasteiger partial charge in [0.1, 0.15) is 0 Å². The van der Waals surface area contributed by atoms with Crippen molar-refractivity contribution in [2.45, 2.75) is 20.3 Å². The molecule has 1 fully saturated rings. The van der Waals surface area contributed by atoms with Crippen molar-refractivity contribution in [2.75, 3.05) is 13.2 Å². The standard InChI is InChI=1S/C18H19NO2/c1-18(2)12-21-11-14(17(18)20)10-13-6-3-4-7-15(13)16-8-5-9-19-16/h3-4,6-10H,5,11-12H2,1-2H3/b14-10+. The summed E-state index contributed by atoms with van der Waals surface area (Å²) >= 11 is 0. The summed E-state index contributed by atoms with van der Waals surface area (Å²) in [6, 6.07) is 8.04. The van der Waals surface area contributed by atoms with E-state index in [-0.39, 0.29) is 5.78 Å². The molecule has 0 atom stereocenters. The average Bonchev–Trinajstić information content (AvgIpc) is 2.98. The maximum Gasteiger partial charge on any atom is 0.169 e. The van der Waals surface area contributed by atoms with E-state index in [9.17, 15) is 4.79 Å². The fourth-order valence-electron chi connectivity index (χ4n) is 2.68. The summed E-state index contributed by atoms with van der Waals surface area (Å²) < 4.78 is 5.57. The summed E-state index contributed by atoms with van der Waals surface area (Å²) in [5.41, 5.74) is 3.36. The van der Waals surface area contributed by atoms with Crippen LogP contribution in [-0.4, -0.2) is 25.2 Å². The van der Waals surface area contributed by atoms with Crippen molar-refractivity contribution in [1.29, 1.82) is 0 Å². The number of allylic oxidation sites excluding steroid dienone is 1. The topological polar surface area (TPSA) is 38.7 Å². The van der Waals surface area contributed by atoms with Gasteiger partial charge in [0.05, 0.1) is 24.3 Å². The number of hydrogen-bond donors (Lipinski definition) is 0. The van der Waals surface area contributed by atoms with Gasteiger partial charge >= 0.3 is 0 Å². The van der Waals surface area contributed by atoms with E-state index < -0.39 is 5.41 Å². The number of hydrogen-bond acceptors (Lipinski definition) is 3. The molecule has 0 bridgehead atoms. The van der Waals surface area contributed by atoms with E-state index in [1.54, 1.807) is 0 Å². The van der Waals surface area contributed by atoms with Crippen LogP contribution >= 0.6 is 0 Å². The van der Waals surface area contributed by atoms with Crippen molar-refractivity contribution < 1.29 is 9.53 Å². The van der Waals surface area contributed by atoms with Gasteiger partial charge in [0, 0.05) is 23.8 Å². The van der Waals surface area contributed by atoms with Gasteiger partial charge in [-0.15, -0.1) is 0 Å². The van der Waals surface area contributed by atoms with E-state index in [4.69, 9.17) is 4.74 Å². The number of aliphatic imine (C=N–C) groups is 1. The second-order valence-electron chi connectivity index (χ2n) is 6.10. The molecule has 3 heteroatoms. The highest BCUT2D eigenvalue weighted by atomic mass is 16.5. The van der Waals surface area contributed by atoms with Crippen LogP contribution in [0.5, 0.6) is 0 Å². The Balaban J connectivity index is 2.00. The number of carbonyl (C=O) groups excluding carboxylic acids is 1. The first-order chi connectivity index (χ1) is 10.1. The number of carbonyl (C=O) groups is 1. The lowest BCUT2D eigenvalue weighted by atomic mass is 9.82. The first kappa shape index (κ1) is 14.0. The molecule has 1 aromatic carbocycles. The highest BCUT2D eigenvalue weighted by molar-refractivity contribution is 6.04. The van der Waals surface area contributed by atoms with Gasteiger partial charge in [-0.3, -0.25) is 9.79 Å². The molecule has 1 saturated heterocycles. The Morgan fingerprint density at radius 1 is 1.29 bits per heavy atom. The van der Waals surface area contributed by atoms with Crippen LogP contribution in [0.2, 0.25) is 0 Å². The second-order valence-corrected chi connectivity index (χ2v) is 6.10. The number of ketones is 1. The third-order valence-corrected chi connectivity index (χ3v) is 3.84. The minimum absolute atomic E-state index is 0.174. The quantitative estimate of drug-likeness (QED) is 0.778. The second kappa shape index (κ2) is 5.41. The lowest BCUT2D eigenvalue weighted by molar-refractivity contribution is -0.130. The van der Waals surface area contributed by atoms with Crippen LogP contribution in [0.1, 0.15) is 31.4 Å². The summed E-state index contributed by atoms with van der Waals surface area (Å²) in [6.45, 7) is 4.73. The minimum Gasteiger partial charge on any atom is -0.376 e. The van der Waals surface area contributed by atoms with Gasteiger partial charge in [0.2, 0.25) is 0 Å². The van der Waals surface area contributed by atoms with Gasteiger partial charge in [0.15, 0.2) is 5.78 Å². The Morgan fingerprint density at radius 3 is 2.86 bits per heavy atom.